The zero-order valence-corrected chi connectivity index (χ0v) is 9.15. The number of hydrogen-bond acceptors (Lipinski definition) is 3. The molecule has 1 amide bonds. The van der Waals surface area contributed by atoms with E-state index in [9.17, 15) is 9.90 Å². The Morgan fingerprint density at radius 3 is 2.47 bits per heavy atom. The third-order valence-corrected chi connectivity index (χ3v) is 3.42. The second-order valence-electron chi connectivity index (χ2n) is 4.52. The number of aliphatic hydroxyl groups excluding tert-OH is 1. The fourth-order valence-electron chi connectivity index (χ4n) is 2.05. The standard InChI is InChI=1S/C10H20N2O3/c1-10(8(13)2-5-11)3-6-12(7-4-10)9(14)15/h8,13H,2-7,11H2,1H3,(H,14,15). The molecule has 5 heteroatoms. The van der Waals surface area contributed by atoms with Gasteiger partial charge in [-0.2, -0.15) is 0 Å². The normalized spacial score (nSPS) is 22.5. The lowest BCUT2D eigenvalue weighted by atomic mass is 9.74. The Kier molecular flexibility index (Phi) is 3.93. The number of carboxylic acid groups (broad SMARTS) is 1. The molecule has 0 spiro atoms. The molecule has 4 N–H and O–H groups in total. The van der Waals surface area contributed by atoms with Gasteiger partial charge < -0.3 is 20.8 Å². The molecule has 1 atom stereocenters. The van der Waals surface area contributed by atoms with Crippen molar-refractivity contribution in [1.82, 2.24) is 4.90 Å². The van der Waals surface area contributed by atoms with Crippen LogP contribution in [0.25, 0.3) is 0 Å². The number of nitrogens with two attached hydrogens (primary N) is 1. The highest BCUT2D eigenvalue weighted by atomic mass is 16.4. The Morgan fingerprint density at radius 1 is 1.53 bits per heavy atom. The average Bonchev–Trinajstić information content (AvgIpc) is 2.18. The maximum absolute atomic E-state index is 10.7. The molecule has 88 valence electrons. The molecule has 0 bridgehead atoms. The number of rotatable bonds is 3. The summed E-state index contributed by atoms with van der Waals surface area (Å²) >= 11 is 0. The Hall–Kier alpha value is -0.810. The number of likely N-dealkylation sites (tertiary alicyclic amines) is 1. The molecule has 0 aromatic carbocycles. The van der Waals surface area contributed by atoms with Gasteiger partial charge in [-0.1, -0.05) is 6.92 Å². The number of aliphatic hydroxyl groups is 1. The zero-order chi connectivity index (χ0) is 11.5. The molecule has 0 aliphatic carbocycles. The predicted octanol–water partition coefficient (Wildman–Crippen LogP) is 0.476. The van der Waals surface area contributed by atoms with E-state index >= 15 is 0 Å². The van der Waals surface area contributed by atoms with Crippen molar-refractivity contribution < 1.29 is 15.0 Å². The topological polar surface area (TPSA) is 86.8 Å². The molecule has 1 aliphatic heterocycles. The van der Waals surface area contributed by atoms with E-state index in [2.05, 4.69) is 0 Å². The molecule has 1 saturated heterocycles. The van der Waals surface area contributed by atoms with Crippen LogP contribution in [0.2, 0.25) is 0 Å². The van der Waals surface area contributed by atoms with Crippen molar-refractivity contribution in [2.45, 2.75) is 32.3 Å². The quantitative estimate of drug-likeness (QED) is 0.640. The first-order valence-electron chi connectivity index (χ1n) is 5.35. The zero-order valence-electron chi connectivity index (χ0n) is 9.15. The van der Waals surface area contributed by atoms with Crippen LogP contribution in [-0.4, -0.2) is 46.9 Å². The lowest BCUT2D eigenvalue weighted by Gasteiger charge is -2.41. The van der Waals surface area contributed by atoms with Gasteiger partial charge in [0.15, 0.2) is 0 Å². The fraction of sp³-hybridized carbons (Fsp3) is 0.900. The van der Waals surface area contributed by atoms with Gasteiger partial charge in [-0.05, 0) is 31.2 Å². The van der Waals surface area contributed by atoms with Crippen molar-refractivity contribution >= 4 is 6.09 Å². The summed E-state index contributed by atoms with van der Waals surface area (Å²) in [5.41, 5.74) is 5.23. The molecular weight excluding hydrogens is 196 g/mol. The third kappa shape index (κ3) is 2.82. The minimum absolute atomic E-state index is 0.175. The Bertz CT molecular complexity index is 225. The van der Waals surface area contributed by atoms with Gasteiger partial charge in [0.1, 0.15) is 0 Å². The first-order valence-corrected chi connectivity index (χ1v) is 5.35. The van der Waals surface area contributed by atoms with Crippen molar-refractivity contribution in [3.05, 3.63) is 0 Å². The molecule has 1 heterocycles. The second-order valence-corrected chi connectivity index (χ2v) is 4.52. The SMILES string of the molecule is CC1(C(O)CCN)CCN(C(=O)O)CC1. The third-order valence-electron chi connectivity index (χ3n) is 3.42. The van der Waals surface area contributed by atoms with Crippen LogP contribution in [0, 0.1) is 5.41 Å². The molecule has 15 heavy (non-hydrogen) atoms. The van der Waals surface area contributed by atoms with Gasteiger partial charge in [-0.3, -0.25) is 0 Å². The molecule has 1 aliphatic rings. The minimum atomic E-state index is -0.870. The molecule has 0 saturated carbocycles. The number of nitrogens with zero attached hydrogens (tertiary/aromatic N) is 1. The van der Waals surface area contributed by atoms with Crippen LogP contribution in [0.1, 0.15) is 26.2 Å². The maximum Gasteiger partial charge on any atom is 0.407 e. The van der Waals surface area contributed by atoms with Gasteiger partial charge >= 0.3 is 6.09 Å². The molecule has 0 aromatic rings. The fourth-order valence-corrected chi connectivity index (χ4v) is 2.05. The van der Waals surface area contributed by atoms with E-state index in [1.54, 1.807) is 0 Å². The first kappa shape index (κ1) is 12.3. The van der Waals surface area contributed by atoms with Crippen LogP contribution in [-0.2, 0) is 0 Å². The van der Waals surface area contributed by atoms with Crippen molar-refractivity contribution in [1.29, 1.82) is 0 Å². The Balaban J connectivity index is 2.50. The molecule has 0 aromatic heterocycles. The summed E-state index contributed by atoms with van der Waals surface area (Å²) in [6.45, 7) is 3.49. The van der Waals surface area contributed by atoms with Crippen molar-refractivity contribution in [3.63, 3.8) is 0 Å². The summed E-state index contributed by atoms with van der Waals surface area (Å²) in [5.74, 6) is 0. The van der Waals surface area contributed by atoms with Crippen LogP contribution in [0.15, 0.2) is 0 Å². The summed E-state index contributed by atoms with van der Waals surface area (Å²) < 4.78 is 0. The summed E-state index contributed by atoms with van der Waals surface area (Å²) in [7, 11) is 0. The molecule has 5 nitrogen and oxygen atoms in total. The van der Waals surface area contributed by atoms with E-state index in [0.29, 0.717) is 38.9 Å². The number of hydrogen-bond donors (Lipinski definition) is 3. The van der Waals surface area contributed by atoms with Crippen LogP contribution in [0.4, 0.5) is 4.79 Å². The molecule has 0 radical (unpaired) electrons. The average molecular weight is 216 g/mol. The van der Waals surface area contributed by atoms with E-state index in [0.717, 1.165) is 0 Å². The second kappa shape index (κ2) is 4.81. The largest absolute Gasteiger partial charge is 0.465 e. The Labute approximate surface area is 89.9 Å². The predicted molar refractivity (Wildman–Crippen MR) is 56.6 cm³/mol. The summed E-state index contributed by atoms with van der Waals surface area (Å²) in [5, 5.41) is 18.7. The maximum atomic E-state index is 10.7. The molecular formula is C10H20N2O3. The van der Waals surface area contributed by atoms with Gasteiger partial charge in [0, 0.05) is 13.1 Å². The van der Waals surface area contributed by atoms with E-state index in [1.807, 2.05) is 6.92 Å². The van der Waals surface area contributed by atoms with Crippen molar-refractivity contribution in [3.8, 4) is 0 Å². The van der Waals surface area contributed by atoms with Gasteiger partial charge in [0.05, 0.1) is 6.10 Å². The minimum Gasteiger partial charge on any atom is -0.465 e. The molecule has 1 rings (SSSR count). The number of amides is 1. The highest BCUT2D eigenvalue weighted by Crippen LogP contribution is 2.35. The van der Waals surface area contributed by atoms with Crippen molar-refractivity contribution in [2.75, 3.05) is 19.6 Å². The highest BCUT2D eigenvalue weighted by molar-refractivity contribution is 5.65. The van der Waals surface area contributed by atoms with Crippen molar-refractivity contribution in [2.24, 2.45) is 11.1 Å². The van der Waals surface area contributed by atoms with E-state index in [4.69, 9.17) is 10.8 Å². The van der Waals surface area contributed by atoms with Gasteiger partial charge in [-0.15, -0.1) is 0 Å². The highest BCUT2D eigenvalue weighted by Gasteiger charge is 2.37. The van der Waals surface area contributed by atoms with Crippen LogP contribution >= 0.6 is 0 Å². The summed E-state index contributed by atoms with van der Waals surface area (Å²) in [6.07, 6.45) is 0.716. The number of piperidine rings is 1. The lowest BCUT2D eigenvalue weighted by molar-refractivity contribution is -0.0112. The van der Waals surface area contributed by atoms with E-state index in [-0.39, 0.29) is 5.41 Å². The smallest absolute Gasteiger partial charge is 0.407 e. The van der Waals surface area contributed by atoms with E-state index < -0.39 is 12.2 Å². The monoisotopic (exact) mass is 216 g/mol. The summed E-state index contributed by atoms with van der Waals surface area (Å²) in [6, 6.07) is 0. The van der Waals surface area contributed by atoms with Crippen LogP contribution in [0.3, 0.4) is 0 Å². The van der Waals surface area contributed by atoms with Gasteiger partial charge in [0.25, 0.3) is 0 Å². The van der Waals surface area contributed by atoms with Crippen LogP contribution in [0.5, 0.6) is 0 Å². The molecule has 1 fully saturated rings. The molecule has 1 unspecified atom stereocenters. The van der Waals surface area contributed by atoms with Crippen LogP contribution < -0.4 is 5.73 Å². The van der Waals surface area contributed by atoms with Gasteiger partial charge in [0.2, 0.25) is 0 Å². The summed E-state index contributed by atoms with van der Waals surface area (Å²) in [4.78, 5) is 12.1. The number of carbonyl (C=O) groups is 1. The van der Waals surface area contributed by atoms with Gasteiger partial charge in [-0.25, -0.2) is 4.79 Å². The van der Waals surface area contributed by atoms with E-state index in [1.165, 1.54) is 4.90 Å². The first-order chi connectivity index (χ1) is 6.99. The lowest BCUT2D eigenvalue weighted by Crippen LogP contribution is -2.46. The Morgan fingerprint density at radius 2 is 2.07 bits per heavy atom.